The van der Waals surface area contributed by atoms with Gasteiger partial charge in [0.25, 0.3) is 0 Å². The van der Waals surface area contributed by atoms with Gasteiger partial charge in [0, 0.05) is 42.5 Å². The van der Waals surface area contributed by atoms with Gasteiger partial charge >= 0.3 is 0 Å². The number of hydrogen-bond donors (Lipinski definition) is 0. The van der Waals surface area contributed by atoms with E-state index in [1.807, 2.05) is 36.9 Å². The van der Waals surface area contributed by atoms with Crippen molar-refractivity contribution in [2.75, 3.05) is 17.7 Å². The summed E-state index contributed by atoms with van der Waals surface area (Å²) >= 11 is 1.42. The monoisotopic (exact) mass is 418 g/mol. The Labute approximate surface area is 181 Å². The second-order valence-electron chi connectivity index (χ2n) is 8.22. The number of rotatable bonds is 5. The third kappa shape index (κ3) is 3.56. The molecule has 0 N–H and O–H groups in total. The summed E-state index contributed by atoms with van der Waals surface area (Å²) in [6.07, 6.45) is 1.78. The molecule has 3 aromatic rings. The summed E-state index contributed by atoms with van der Waals surface area (Å²) in [6, 6.07) is 16.5. The first-order chi connectivity index (χ1) is 14.3. The molecule has 2 aromatic carbocycles. The highest BCUT2D eigenvalue weighted by Crippen LogP contribution is 2.46. The molecule has 0 fully saturated rings. The molecule has 2 heterocycles. The van der Waals surface area contributed by atoms with Crippen LogP contribution in [0.3, 0.4) is 0 Å². The average Bonchev–Trinajstić information content (AvgIpc) is 3.18. The van der Waals surface area contributed by atoms with Gasteiger partial charge in [0.2, 0.25) is 0 Å². The van der Waals surface area contributed by atoms with E-state index in [-0.39, 0.29) is 11.2 Å². The molecule has 0 saturated heterocycles. The van der Waals surface area contributed by atoms with Crippen LogP contribution >= 0.6 is 11.8 Å². The Morgan fingerprint density at radius 1 is 1.07 bits per heavy atom. The lowest BCUT2D eigenvalue weighted by molar-refractivity contribution is -0.112. The molecule has 0 saturated carbocycles. The number of para-hydroxylation sites is 1. The largest absolute Gasteiger partial charge is 0.347 e. The molecule has 1 aliphatic heterocycles. The number of nitrogens with zero attached hydrogens (tertiary/aromatic N) is 4. The minimum absolute atomic E-state index is 0.0719. The predicted octanol–water partition coefficient (Wildman–Crippen LogP) is 4.76. The fraction of sp³-hybridized carbons (Fsp3) is 0.292. The maximum Gasteiger partial charge on any atom is 0.191 e. The summed E-state index contributed by atoms with van der Waals surface area (Å²) in [4.78, 5) is 14.9. The molecule has 4 rings (SSSR count). The van der Waals surface area contributed by atoms with Gasteiger partial charge < -0.3 is 9.47 Å². The second-order valence-corrected chi connectivity index (χ2v) is 9.16. The number of ketones is 1. The third-order valence-corrected chi connectivity index (χ3v) is 6.77. The first kappa shape index (κ1) is 20.4. The highest BCUT2D eigenvalue weighted by Gasteiger charge is 2.38. The lowest BCUT2D eigenvalue weighted by Crippen LogP contribution is -2.24. The highest BCUT2D eigenvalue weighted by molar-refractivity contribution is 7.99. The van der Waals surface area contributed by atoms with Gasteiger partial charge in [0.05, 0.1) is 5.75 Å². The number of carbonyl (C=O) groups excluding carboxylic acids is 1. The van der Waals surface area contributed by atoms with Gasteiger partial charge in [-0.3, -0.25) is 4.79 Å². The maximum atomic E-state index is 12.8. The lowest BCUT2D eigenvalue weighted by Gasteiger charge is -2.23. The van der Waals surface area contributed by atoms with Gasteiger partial charge in [-0.15, -0.1) is 10.2 Å². The molecular formula is C24H26N4OS. The molecule has 1 aromatic heterocycles. The standard InChI is InChI=1S/C24H26N4OS/c1-16-10-12-17(13-11-16)22-25-26-23(28(22)5)30-15-18(29)14-21-24(2,3)19-8-6-7-9-20(19)27(21)4/h6-14H,15H2,1-5H3/b21-14-. The molecule has 0 unspecified atom stereocenters. The van der Waals surface area contributed by atoms with E-state index in [0.717, 1.165) is 27.9 Å². The van der Waals surface area contributed by atoms with E-state index in [0.29, 0.717) is 5.75 Å². The molecule has 6 heteroatoms. The summed E-state index contributed by atoms with van der Waals surface area (Å²) in [5.41, 5.74) is 5.45. The van der Waals surface area contributed by atoms with Crippen LogP contribution in [0, 0.1) is 6.92 Å². The number of hydrogen-bond acceptors (Lipinski definition) is 5. The smallest absolute Gasteiger partial charge is 0.191 e. The first-order valence-corrected chi connectivity index (χ1v) is 10.9. The Balaban J connectivity index is 1.49. The van der Waals surface area contributed by atoms with Crippen LogP contribution in [0.15, 0.2) is 65.5 Å². The van der Waals surface area contributed by atoms with Crippen LogP contribution in [0.5, 0.6) is 0 Å². The first-order valence-electron chi connectivity index (χ1n) is 9.96. The highest BCUT2D eigenvalue weighted by atomic mass is 32.2. The van der Waals surface area contributed by atoms with Gasteiger partial charge in [0.15, 0.2) is 16.8 Å². The van der Waals surface area contributed by atoms with Gasteiger partial charge in [0.1, 0.15) is 0 Å². The quantitative estimate of drug-likeness (QED) is 0.442. The Morgan fingerprint density at radius 2 is 1.77 bits per heavy atom. The molecule has 1 aliphatic rings. The minimum atomic E-state index is -0.199. The van der Waals surface area contributed by atoms with Gasteiger partial charge in [-0.05, 0) is 18.6 Å². The summed E-state index contributed by atoms with van der Waals surface area (Å²) in [7, 11) is 3.96. The van der Waals surface area contributed by atoms with E-state index >= 15 is 0 Å². The molecule has 0 atom stereocenters. The summed E-state index contributed by atoms with van der Waals surface area (Å²) in [5, 5.41) is 9.34. The van der Waals surface area contributed by atoms with E-state index in [2.05, 4.69) is 66.2 Å². The van der Waals surface area contributed by atoms with Crippen LogP contribution in [-0.4, -0.2) is 33.3 Å². The number of carbonyl (C=O) groups is 1. The number of thioether (sulfide) groups is 1. The van der Waals surface area contributed by atoms with Crippen LogP contribution in [0.4, 0.5) is 5.69 Å². The van der Waals surface area contributed by atoms with E-state index in [4.69, 9.17) is 0 Å². The third-order valence-electron chi connectivity index (χ3n) is 5.73. The van der Waals surface area contributed by atoms with Crippen molar-refractivity contribution < 1.29 is 4.79 Å². The van der Waals surface area contributed by atoms with Crippen LogP contribution in [-0.2, 0) is 17.3 Å². The molecule has 154 valence electrons. The molecule has 0 spiro atoms. The Morgan fingerprint density at radius 3 is 2.47 bits per heavy atom. The van der Waals surface area contributed by atoms with Crippen molar-refractivity contribution in [2.24, 2.45) is 7.05 Å². The minimum Gasteiger partial charge on any atom is -0.347 e. The molecule has 0 amide bonds. The van der Waals surface area contributed by atoms with Crippen molar-refractivity contribution in [2.45, 2.75) is 31.3 Å². The molecule has 0 radical (unpaired) electrons. The summed E-state index contributed by atoms with van der Waals surface area (Å²) in [6.45, 7) is 6.39. The number of likely N-dealkylation sites (N-methyl/N-ethyl adjacent to an activating group) is 1. The molecule has 5 nitrogen and oxygen atoms in total. The van der Waals surface area contributed by atoms with E-state index in [1.165, 1.54) is 22.9 Å². The summed E-state index contributed by atoms with van der Waals surface area (Å²) < 4.78 is 1.94. The second kappa shape index (κ2) is 7.76. The average molecular weight is 419 g/mol. The van der Waals surface area contributed by atoms with E-state index in [1.54, 1.807) is 6.08 Å². The number of fused-ring (bicyclic) bond motifs is 1. The molecular weight excluding hydrogens is 392 g/mol. The molecule has 0 aliphatic carbocycles. The predicted molar refractivity (Wildman–Crippen MR) is 123 cm³/mol. The van der Waals surface area contributed by atoms with Crippen molar-refractivity contribution in [3.63, 3.8) is 0 Å². The topological polar surface area (TPSA) is 51.0 Å². The van der Waals surface area contributed by atoms with Crippen molar-refractivity contribution in [3.05, 3.63) is 71.4 Å². The number of anilines is 1. The number of allylic oxidation sites excluding steroid dienone is 2. The number of aromatic nitrogens is 3. The number of aryl methyl sites for hydroxylation is 1. The van der Waals surface area contributed by atoms with E-state index in [9.17, 15) is 4.79 Å². The Bertz CT molecular complexity index is 1130. The van der Waals surface area contributed by atoms with Crippen molar-refractivity contribution >= 4 is 23.2 Å². The molecule has 30 heavy (non-hydrogen) atoms. The molecule has 0 bridgehead atoms. The maximum absolute atomic E-state index is 12.8. The number of benzene rings is 2. The lowest BCUT2D eigenvalue weighted by atomic mass is 9.83. The van der Waals surface area contributed by atoms with Crippen LogP contribution < -0.4 is 4.90 Å². The van der Waals surface area contributed by atoms with Crippen LogP contribution in [0.2, 0.25) is 0 Å². The van der Waals surface area contributed by atoms with Gasteiger partial charge in [-0.25, -0.2) is 0 Å². The SMILES string of the molecule is Cc1ccc(-c2nnc(SCC(=O)/C=C3\N(C)c4ccccc4C3(C)C)n2C)cc1. The Hall–Kier alpha value is -2.86. The van der Waals surface area contributed by atoms with Crippen LogP contribution in [0.1, 0.15) is 25.0 Å². The summed E-state index contributed by atoms with van der Waals surface area (Å²) in [5.74, 6) is 1.20. The zero-order chi connectivity index (χ0) is 21.5. The fourth-order valence-electron chi connectivity index (χ4n) is 3.98. The van der Waals surface area contributed by atoms with Crippen molar-refractivity contribution in [1.82, 2.24) is 14.8 Å². The zero-order valence-corrected chi connectivity index (χ0v) is 18.8. The zero-order valence-electron chi connectivity index (χ0n) is 18.0. The van der Waals surface area contributed by atoms with Crippen molar-refractivity contribution in [1.29, 1.82) is 0 Å². The van der Waals surface area contributed by atoms with Crippen molar-refractivity contribution in [3.8, 4) is 11.4 Å². The van der Waals surface area contributed by atoms with Gasteiger partial charge in [-0.1, -0.05) is 73.6 Å². The van der Waals surface area contributed by atoms with Gasteiger partial charge in [-0.2, -0.15) is 0 Å². The normalized spacial score (nSPS) is 16.2. The fourth-order valence-corrected chi connectivity index (χ4v) is 4.72. The Kier molecular flexibility index (Phi) is 5.28. The van der Waals surface area contributed by atoms with Crippen LogP contribution in [0.25, 0.3) is 11.4 Å². The van der Waals surface area contributed by atoms with E-state index < -0.39 is 0 Å².